The van der Waals surface area contributed by atoms with E-state index in [0.717, 1.165) is 36.8 Å². The summed E-state index contributed by atoms with van der Waals surface area (Å²) in [6.07, 6.45) is 7.43. The second-order valence-corrected chi connectivity index (χ2v) is 6.89. The van der Waals surface area contributed by atoms with Crippen LogP contribution in [0.3, 0.4) is 0 Å². The van der Waals surface area contributed by atoms with Crippen molar-refractivity contribution in [3.8, 4) is 0 Å². The molecular formula is C16H22N4O2S. The zero-order valence-electron chi connectivity index (χ0n) is 13.2. The van der Waals surface area contributed by atoms with Crippen molar-refractivity contribution >= 4 is 34.3 Å². The molecule has 23 heavy (non-hydrogen) atoms. The van der Waals surface area contributed by atoms with Gasteiger partial charge in [-0.3, -0.25) is 14.6 Å². The van der Waals surface area contributed by atoms with E-state index in [4.69, 9.17) is 0 Å². The number of carbonyl (C=O) groups is 2. The minimum atomic E-state index is -0.0686. The predicted octanol–water partition coefficient (Wildman–Crippen LogP) is 2.57. The molecule has 3 rings (SSSR count). The number of anilines is 2. The Balaban J connectivity index is 1.58. The molecule has 0 saturated carbocycles. The lowest BCUT2D eigenvalue weighted by Gasteiger charge is -2.30. The zero-order chi connectivity index (χ0) is 16.1. The number of pyridine rings is 1. The molecule has 0 aliphatic carbocycles. The van der Waals surface area contributed by atoms with Gasteiger partial charge >= 0.3 is 0 Å². The van der Waals surface area contributed by atoms with Crippen molar-refractivity contribution in [2.75, 3.05) is 42.1 Å². The van der Waals surface area contributed by atoms with Crippen molar-refractivity contribution in [1.82, 2.24) is 9.88 Å². The van der Waals surface area contributed by atoms with Crippen LogP contribution in [-0.4, -0.2) is 53.0 Å². The molecule has 2 aliphatic rings. The van der Waals surface area contributed by atoms with Crippen LogP contribution in [0.4, 0.5) is 16.2 Å². The van der Waals surface area contributed by atoms with Crippen molar-refractivity contribution in [3.05, 3.63) is 18.5 Å². The van der Waals surface area contributed by atoms with Gasteiger partial charge < -0.3 is 15.1 Å². The highest BCUT2D eigenvalue weighted by molar-refractivity contribution is 8.13. The number of piperidine rings is 1. The van der Waals surface area contributed by atoms with Gasteiger partial charge in [0.15, 0.2) is 0 Å². The lowest BCUT2D eigenvalue weighted by atomic mass is 10.1. The molecule has 0 bridgehead atoms. The van der Waals surface area contributed by atoms with Crippen LogP contribution in [0, 0.1) is 0 Å². The average molecular weight is 334 g/mol. The maximum atomic E-state index is 12.2. The summed E-state index contributed by atoms with van der Waals surface area (Å²) in [5.74, 6) is 0.753. The molecule has 0 aromatic carbocycles. The lowest BCUT2D eigenvalue weighted by Crippen LogP contribution is -2.31. The van der Waals surface area contributed by atoms with Gasteiger partial charge in [0.05, 0.1) is 17.6 Å². The summed E-state index contributed by atoms with van der Waals surface area (Å²) >= 11 is 1.32. The SMILES string of the molecule is O=C(CCN1CCSC1=O)Nc1cnccc1N1CCCCC1. The summed E-state index contributed by atoms with van der Waals surface area (Å²) < 4.78 is 0. The number of nitrogens with zero attached hydrogens (tertiary/aromatic N) is 3. The molecule has 2 fully saturated rings. The molecule has 7 heteroatoms. The minimum absolute atomic E-state index is 0.0686. The van der Waals surface area contributed by atoms with E-state index in [1.165, 1.54) is 31.0 Å². The van der Waals surface area contributed by atoms with E-state index >= 15 is 0 Å². The van der Waals surface area contributed by atoms with E-state index in [0.29, 0.717) is 13.0 Å². The molecule has 1 N–H and O–H groups in total. The standard InChI is InChI=1S/C16H22N4O2S/c21-15(5-9-20-10-11-23-16(20)22)18-13-12-17-6-4-14(13)19-7-2-1-3-8-19/h4,6,12H,1-3,5,7-11H2,(H,18,21). The minimum Gasteiger partial charge on any atom is -0.370 e. The molecule has 1 aromatic rings. The molecule has 3 heterocycles. The molecule has 2 amide bonds. The Kier molecular flexibility index (Phi) is 5.38. The fraction of sp³-hybridized carbons (Fsp3) is 0.562. The highest BCUT2D eigenvalue weighted by Gasteiger charge is 2.22. The number of thioether (sulfide) groups is 1. The summed E-state index contributed by atoms with van der Waals surface area (Å²) in [4.78, 5) is 31.9. The molecule has 0 radical (unpaired) electrons. The van der Waals surface area contributed by atoms with E-state index < -0.39 is 0 Å². The molecule has 0 spiro atoms. The predicted molar refractivity (Wildman–Crippen MR) is 93.0 cm³/mol. The fourth-order valence-corrected chi connectivity index (χ4v) is 3.82. The Hall–Kier alpha value is -1.76. The first-order chi connectivity index (χ1) is 11.2. The fourth-order valence-electron chi connectivity index (χ4n) is 2.97. The first-order valence-corrected chi connectivity index (χ1v) is 9.13. The molecule has 124 valence electrons. The smallest absolute Gasteiger partial charge is 0.281 e. The summed E-state index contributed by atoms with van der Waals surface area (Å²) in [6, 6.07) is 1.96. The van der Waals surface area contributed by atoms with Gasteiger partial charge in [0.2, 0.25) is 5.91 Å². The highest BCUT2D eigenvalue weighted by atomic mass is 32.2. The van der Waals surface area contributed by atoms with E-state index in [2.05, 4.69) is 15.2 Å². The number of amides is 2. The third-order valence-electron chi connectivity index (χ3n) is 4.22. The van der Waals surface area contributed by atoms with Gasteiger partial charge in [-0.15, -0.1) is 0 Å². The third kappa shape index (κ3) is 4.16. The molecule has 2 aliphatic heterocycles. The van der Waals surface area contributed by atoms with Crippen LogP contribution in [0.1, 0.15) is 25.7 Å². The quantitative estimate of drug-likeness (QED) is 0.896. The van der Waals surface area contributed by atoms with Gasteiger partial charge in [0.1, 0.15) is 0 Å². The van der Waals surface area contributed by atoms with Gasteiger partial charge in [0.25, 0.3) is 5.24 Å². The zero-order valence-corrected chi connectivity index (χ0v) is 14.0. The molecule has 0 atom stereocenters. The van der Waals surface area contributed by atoms with Crippen LogP contribution in [0.15, 0.2) is 18.5 Å². The molecule has 6 nitrogen and oxygen atoms in total. The highest BCUT2D eigenvalue weighted by Crippen LogP contribution is 2.27. The first-order valence-electron chi connectivity index (χ1n) is 8.14. The summed E-state index contributed by atoms with van der Waals surface area (Å²) in [6.45, 7) is 3.26. The number of hydrogen-bond donors (Lipinski definition) is 1. The number of carbonyl (C=O) groups excluding carboxylic acids is 2. The summed E-state index contributed by atoms with van der Waals surface area (Å²) in [7, 11) is 0. The van der Waals surface area contributed by atoms with Gasteiger partial charge in [-0.1, -0.05) is 11.8 Å². The normalized spacial score (nSPS) is 18.3. The Bertz CT molecular complexity index is 575. The van der Waals surface area contributed by atoms with E-state index in [-0.39, 0.29) is 11.1 Å². The third-order valence-corrected chi connectivity index (χ3v) is 5.11. The van der Waals surface area contributed by atoms with Crippen LogP contribution in [-0.2, 0) is 4.79 Å². The van der Waals surface area contributed by atoms with Crippen LogP contribution >= 0.6 is 11.8 Å². The maximum absolute atomic E-state index is 12.2. The molecular weight excluding hydrogens is 312 g/mol. The van der Waals surface area contributed by atoms with Crippen LogP contribution in [0.5, 0.6) is 0 Å². The van der Waals surface area contributed by atoms with Gasteiger partial charge in [-0.2, -0.15) is 0 Å². The Morgan fingerprint density at radius 3 is 2.83 bits per heavy atom. The van der Waals surface area contributed by atoms with E-state index in [1.807, 2.05) is 6.07 Å². The number of aromatic nitrogens is 1. The first kappa shape index (κ1) is 16.1. The van der Waals surface area contributed by atoms with E-state index in [1.54, 1.807) is 17.3 Å². The van der Waals surface area contributed by atoms with Crippen LogP contribution < -0.4 is 10.2 Å². The summed E-state index contributed by atoms with van der Waals surface area (Å²) in [5.41, 5.74) is 1.81. The topological polar surface area (TPSA) is 65.5 Å². The monoisotopic (exact) mass is 334 g/mol. The molecule has 2 saturated heterocycles. The van der Waals surface area contributed by atoms with Crippen molar-refractivity contribution in [2.45, 2.75) is 25.7 Å². The van der Waals surface area contributed by atoms with Crippen LogP contribution in [0.2, 0.25) is 0 Å². The number of rotatable bonds is 5. The molecule has 0 unspecified atom stereocenters. The largest absolute Gasteiger partial charge is 0.370 e. The van der Waals surface area contributed by atoms with Gasteiger partial charge in [0, 0.05) is 44.5 Å². The van der Waals surface area contributed by atoms with Crippen LogP contribution in [0.25, 0.3) is 0 Å². The second-order valence-electron chi connectivity index (χ2n) is 5.84. The van der Waals surface area contributed by atoms with Crippen molar-refractivity contribution in [3.63, 3.8) is 0 Å². The Morgan fingerprint density at radius 1 is 1.26 bits per heavy atom. The summed E-state index contributed by atoms with van der Waals surface area (Å²) in [5, 5.41) is 3.04. The van der Waals surface area contributed by atoms with Crippen molar-refractivity contribution in [1.29, 1.82) is 0 Å². The Morgan fingerprint density at radius 2 is 2.09 bits per heavy atom. The van der Waals surface area contributed by atoms with E-state index in [9.17, 15) is 9.59 Å². The Labute approximate surface area is 140 Å². The molecule has 1 aromatic heterocycles. The maximum Gasteiger partial charge on any atom is 0.281 e. The van der Waals surface area contributed by atoms with Gasteiger partial charge in [-0.05, 0) is 25.3 Å². The number of hydrogen-bond acceptors (Lipinski definition) is 5. The lowest BCUT2D eigenvalue weighted by molar-refractivity contribution is -0.116. The average Bonchev–Trinajstić information content (AvgIpc) is 2.99. The number of nitrogens with one attached hydrogen (secondary N) is 1. The second kappa shape index (κ2) is 7.68. The van der Waals surface area contributed by atoms with Gasteiger partial charge in [-0.25, -0.2) is 0 Å². The van der Waals surface area contributed by atoms with Crippen molar-refractivity contribution < 1.29 is 9.59 Å². The van der Waals surface area contributed by atoms with Crippen molar-refractivity contribution in [2.24, 2.45) is 0 Å².